The number of carbonyl (C=O) groups is 1. The zero-order chi connectivity index (χ0) is 16.3. The van der Waals surface area contributed by atoms with Crippen LogP contribution >= 0.6 is 28.3 Å². The van der Waals surface area contributed by atoms with Crippen molar-refractivity contribution in [1.29, 1.82) is 0 Å². The molecule has 0 bridgehead atoms. The van der Waals surface area contributed by atoms with Crippen molar-refractivity contribution in [1.82, 2.24) is 10.2 Å². The highest BCUT2D eigenvalue weighted by Gasteiger charge is 2.44. The molecule has 5 heteroatoms. The highest BCUT2D eigenvalue weighted by molar-refractivity contribution is 9.10. The van der Waals surface area contributed by atoms with E-state index in [0.717, 1.165) is 56.2 Å². The summed E-state index contributed by atoms with van der Waals surface area (Å²) in [6.45, 7) is 2.84. The summed E-state index contributed by atoms with van der Waals surface area (Å²) in [5, 5.41) is 3.25. The Bertz CT molecular complexity index is 560. The largest absolute Gasteiger partial charge is 0.342 e. The van der Waals surface area contributed by atoms with Crippen LogP contribution in [-0.2, 0) is 10.2 Å². The molecule has 1 saturated carbocycles. The Kier molecular flexibility index (Phi) is 7.14. The van der Waals surface area contributed by atoms with Crippen LogP contribution in [0.1, 0.15) is 44.1 Å². The van der Waals surface area contributed by atoms with E-state index in [1.165, 1.54) is 12.0 Å². The number of hydrogen-bond donors (Lipinski definition) is 1. The third kappa shape index (κ3) is 3.97. The number of rotatable bonds is 4. The van der Waals surface area contributed by atoms with Gasteiger partial charge in [0, 0.05) is 17.6 Å². The van der Waals surface area contributed by atoms with Crippen molar-refractivity contribution in [3.63, 3.8) is 0 Å². The van der Waals surface area contributed by atoms with Gasteiger partial charge in [-0.1, -0.05) is 47.3 Å². The first-order valence-electron chi connectivity index (χ1n) is 8.86. The van der Waals surface area contributed by atoms with E-state index in [1.807, 2.05) is 13.1 Å². The second-order valence-corrected chi connectivity index (χ2v) is 8.03. The summed E-state index contributed by atoms with van der Waals surface area (Å²) in [6.07, 6.45) is 6.69. The van der Waals surface area contributed by atoms with Crippen molar-refractivity contribution in [3.05, 3.63) is 34.3 Å². The molecule has 1 aromatic rings. The van der Waals surface area contributed by atoms with Crippen molar-refractivity contribution in [2.24, 2.45) is 5.92 Å². The van der Waals surface area contributed by atoms with Crippen molar-refractivity contribution >= 4 is 34.2 Å². The summed E-state index contributed by atoms with van der Waals surface area (Å²) in [5.74, 6) is 0.973. The summed E-state index contributed by atoms with van der Waals surface area (Å²) in [7, 11) is 1.99. The first kappa shape index (κ1) is 19.7. The predicted molar refractivity (Wildman–Crippen MR) is 105 cm³/mol. The van der Waals surface area contributed by atoms with Gasteiger partial charge in [-0.3, -0.25) is 4.79 Å². The van der Waals surface area contributed by atoms with E-state index in [9.17, 15) is 4.79 Å². The maximum atomic E-state index is 13.5. The third-order valence-corrected chi connectivity index (χ3v) is 6.05. The summed E-state index contributed by atoms with van der Waals surface area (Å²) < 4.78 is 1.07. The summed E-state index contributed by atoms with van der Waals surface area (Å²) >= 11 is 3.58. The van der Waals surface area contributed by atoms with E-state index in [-0.39, 0.29) is 17.8 Å². The van der Waals surface area contributed by atoms with Crippen LogP contribution in [0.5, 0.6) is 0 Å². The Balaban J connectivity index is 0.00000208. The van der Waals surface area contributed by atoms with Gasteiger partial charge in [0.2, 0.25) is 5.91 Å². The number of hydrogen-bond acceptors (Lipinski definition) is 2. The standard InChI is InChI=1S/C19H27BrN2O.ClH/c1-21-13-15-8-11-22(14-15)18(23)19(9-3-2-4-10-19)16-6-5-7-17(20)12-16;/h5-7,12,15,21H,2-4,8-11,13-14H2,1H3;1H. The van der Waals surface area contributed by atoms with Crippen LogP contribution in [0.4, 0.5) is 0 Å². The van der Waals surface area contributed by atoms with Gasteiger partial charge in [-0.2, -0.15) is 0 Å². The zero-order valence-corrected chi connectivity index (χ0v) is 16.8. The van der Waals surface area contributed by atoms with Crippen molar-refractivity contribution in [2.45, 2.75) is 43.9 Å². The SMILES string of the molecule is CNCC1CCN(C(=O)C2(c3cccc(Br)c3)CCCCC2)C1.Cl. The number of amides is 1. The van der Waals surface area contributed by atoms with Crippen LogP contribution in [0, 0.1) is 5.92 Å². The van der Waals surface area contributed by atoms with E-state index in [0.29, 0.717) is 11.8 Å². The Labute approximate surface area is 160 Å². The lowest BCUT2D eigenvalue weighted by molar-refractivity contribution is -0.138. The average Bonchev–Trinajstić information content (AvgIpc) is 3.04. The predicted octanol–water partition coefficient (Wildman–Crippen LogP) is 4.14. The topological polar surface area (TPSA) is 32.3 Å². The molecule has 1 heterocycles. The lowest BCUT2D eigenvalue weighted by Crippen LogP contribution is -2.47. The van der Waals surface area contributed by atoms with Gasteiger partial charge in [0.05, 0.1) is 5.41 Å². The minimum Gasteiger partial charge on any atom is -0.342 e. The molecule has 3 nitrogen and oxygen atoms in total. The fourth-order valence-corrected chi connectivity index (χ4v) is 4.74. The molecular formula is C19H28BrClN2O. The van der Waals surface area contributed by atoms with Gasteiger partial charge in [0.15, 0.2) is 0 Å². The molecule has 1 unspecified atom stereocenters. The molecule has 0 radical (unpaired) electrons. The molecule has 1 saturated heterocycles. The molecule has 0 aromatic heterocycles. The fraction of sp³-hybridized carbons (Fsp3) is 0.632. The Hall–Kier alpha value is -0.580. The van der Waals surface area contributed by atoms with Gasteiger partial charge >= 0.3 is 0 Å². The summed E-state index contributed by atoms with van der Waals surface area (Å²) in [5.41, 5.74) is 0.907. The van der Waals surface area contributed by atoms with Crippen LogP contribution < -0.4 is 5.32 Å². The number of likely N-dealkylation sites (tertiary alicyclic amines) is 1. The maximum Gasteiger partial charge on any atom is 0.233 e. The van der Waals surface area contributed by atoms with Crippen LogP contribution in [0.2, 0.25) is 0 Å². The second kappa shape index (κ2) is 8.68. The van der Waals surface area contributed by atoms with E-state index < -0.39 is 0 Å². The molecule has 0 spiro atoms. The van der Waals surface area contributed by atoms with Crippen LogP contribution in [0.15, 0.2) is 28.7 Å². The first-order chi connectivity index (χ1) is 11.2. The summed E-state index contributed by atoms with van der Waals surface area (Å²) in [4.78, 5) is 15.6. The average molecular weight is 416 g/mol. The summed E-state index contributed by atoms with van der Waals surface area (Å²) in [6, 6.07) is 8.42. The Morgan fingerprint density at radius 1 is 1.33 bits per heavy atom. The minimum absolute atomic E-state index is 0. The third-order valence-electron chi connectivity index (χ3n) is 5.56. The lowest BCUT2D eigenvalue weighted by atomic mass is 9.68. The number of nitrogens with one attached hydrogen (secondary N) is 1. The lowest BCUT2D eigenvalue weighted by Gasteiger charge is -2.39. The quantitative estimate of drug-likeness (QED) is 0.801. The highest BCUT2D eigenvalue weighted by atomic mass is 79.9. The molecule has 1 N–H and O–H groups in total. The zero-order valence-electron chi connectivity index (χ0n) is 14.4. The number of nitrogens with zero attached hydrogens (tertiary/aromatic N) is 1. The molecule has 134 valence electrons. The van der Waals surface area contributed by atoms with Gasteiger partial charge in [-0.05, 0) is 56.5 Å². The Morgan fingerprint density at radius 2 is 2.08 bits per heavy atom. The fourth-order valence-electron chi connectivity index (χ4n) is 4.34. The molecule has 1 atom stereocenters. The van der Waals surface area contributed by atoms with Gasteiger partial charge in [-0.25, -0.2) is 0 Å². The molecule has 2 aliphatic rings. The number of halogens is 2. The van der Waals surface area contributed by atoms with E-state index in [2.05, 4.69) is 44.3 Å². The normalized spacial score (nSPS) is 22.9. The highest BCUT2D eigenvalue weighted by Crippen LogP contribution is 2.42. The van der Waals surface area contributed by atoms with Gasteiger partial charge in [0.25, 0.3) is 0 Å². The van der Waals surface area contributed by atoms with Crippen molar-refractivity contribution in [2.75, 3.05) is 26.7 Å². The molecule has 1 aromatic carbocycles. The second-order valence-electron chi connectivity index (χ2n) is 7.12. The molecule has 1 aliphatic carbocycles. The van der Waals surface area contributed by atoms with Crippen LogP contribution in [0.25, 0.3) is 0 Å². The Morgan fingerprint density at radius 3 is 2.75 bits per heavy atom. The molecule has 24 heavy (non-hydrogen) atoms. The molecule has 1 aliphatic heterocycles. The van der Waals surface area contributed by atoms with E-state index in [1.54, 1.807) is 0 Å². The number of carbonyl (C=O) groups excluding carboxylic acids is 1. The molecular weight excluding hydrogens is 388 g/mol. The van der Waals surface area contributed by atoms with E-state index >= 15 is 0 Å². The number of benzene rings is 1. The van der Waals surface area contributed by atoms with Gasteiger partial charge < -0.3 is 10.2 Å². The van der Waals surface area contributed by atoms with E-state index in [4.69, 9.17) is 0 Å². The minimum atomic E-state index is -0.295. The maximum absolute atomic E-state index is 13.5. The monoisotopic (exact) mass is 414 g/mol. The van der Waals surface area contributed by atoms with Crippen molar-refractivity contribution in [3.8, 4) is 0 Å². The van der Waals surface area contributed by atoms with Gasteiger partial charge in [0.1, 0.15) is 0 Å². The van der Waals surface area contributed by atoms with Crippen LogP contribution in [0.3, 0.4) is 0 Å². The first-order valence-corrected chi connectivity index (χ1v) is 9.65. The van der Waals surface area contributed by atoms with Gasteiger partial charge in [-0.15, -0.1) is 12.4 Å². The molecule has 3 rings (SSSR count). The smallest absolute Gasteiger partial charge is 0.233 e. The van der Waals surface area contributed by atoms with Crippen LogP contribution in [-0.4, -0.2) is 37.5 Å². The molecule has 1 amide bonds. The van der Waals surface area contributed by atoms with Crippen molar-refractivity contribution < 1.29 is 4.79 Å². The molecule has 2 fully saturated rings.